The Morgan fingerprint density at radius 2 is 2.05 bits per heavy atom. The summed E-state index contributed by atoms with van der Waals surface area (Å²) in [6.45, 7) is 16.0. The van der Waals surface area contributed by atoms with E-state index >= 15 is 4.39 Å². The third-order valence-electron chi connectivity index (χ3n) is 6.55. The molecule has 3 heterocycles. The van der Waals surface area contributed by atoms with Crippen LogP contribution in [0.15, 0.2) is 44.3 Å². The van der Waals surface area contributed by atoms with Crippen molar-refractivity contribution in [1.29, 1.82) is 0 Å². The Kier molecular flexibility index (Phi) is 9.85. The first-order valence-electron chi connectivity index (χ1n) is 12.7. The molecule has 1 saturated heterocycles. The summed E-state index contributed by atoms with van der Waals surface area (Å²) in [5.74, 6) is -0.341. The summed E-state index contributed by atoms with van der Waals surface area (Å²) in [4.78, 5) is 16.5. The number of amides is 1. The number of nitrogens with one attached hydrogen (secondary N) is 3. The molecule has 210 valence electrons. The lowest BCUT2D eigenvalue weighted by Gasteiger charge is -2.35. The van der Waals surface area contributed by atoms with Gasteiger partial charge in [-0.2, -0.15) is 18.3 Å². The largest absolute Gasteiger partial charge is 0.417 e. The van der Waals surface area contributed by atoms with Crippen LogP contribution in [0.3, 0.4) is 0 Å². The summed E-state index contributed by atoms with van der Waals surface area (Å²) >= 11 is 0. The van der Waals surface area contributed by atoms with E-state index in [1.54, 1.807) is 23.0 Å². The van der Waals surface area contributed by atoms with Gasteiger partial charge in [0.2, 0.25) is 0 Å². The summed E-state index contributed by atoms with van der Waals surface area (Å²) in [5.41, 5.74) is -0.327. The second kappa shape index (κ2) is 12.9. The maximum absolute atomic E-state index is 15.0. The zero-order valence-electron chi connectivity index (χ0n) is 22.1. The van der Waals surface area contributed by atoms with Crippen molar-refractivity contribution >= 4 is 29.3 Å². The summed E-state index contributed by atoms with van der Waals surface area (Å²) in [5, 5.41) is 13.0. The fraction of sp³-hybridized carbons (Fsp3) is 0.393. The van der Waals surface area contributed by atoms with Gasteiger partial charge in [0.25, 0.3) is 5.91 Å². The van der Waals surface area contributed by atoms with Crippen molar-refractivity contribution in [2.24, 2.45) is 0 Å². The maximum atomic E-state index is 15.0. The highest BCUT2D eigenvalue weighted by molar-refractivity contribution is 5.93. The Bertz CT molecular complexity index is 1250. The number of hydrogen-bond acceptors (Lipinski definition) is 5. The number of aromatic nitrogens is 3. The number of aryl methyl sites for hydroxylation is 1. The minimum atomic E-state index is -4.73. The number of allylic oxidation sites excluding steroid dienone is 1. The van der Waals surface area contributed by atoms with Crippen molar-refractivity contribution in [3.05, 3.63) is 72.4 Å². The number of halogens is 4. The number of nitrogens with zero attached hydrogens (tertiary/aromatic N) is 3. The Balaban J connectivity index is 1.87. The molecule has 7 nitrogen and oxygen atoms in total. The maximum Gasteiger partial charge on any atom is 0.417 e. The van der Waals surface area contributed by atoms with Crippen LogP contribution in [0.25, 0.3) is 23.4 Å². The van der Waals surface area contributed by atoms with Crippen LogP contribution in [0, 0.1) is 0 Å². The molecule has 1 fully saturated rings. The molecular weight excluding hydrogens is 512 g/mol. The highest BCUT2D eigenvalue weighted by Crippen LogP contribution is 2.36. The molecule has 2 unspecified atom stereocenters. The quantitative estimate of drug-likeness (QED) is 0.346. The van der Waals surface area contributed by atoms with Crippen LogP contribution in [0.2, 0.25) is 0 Å². The molecule has 1 aliphatic heterocycles. The molecule has 0 saturated carbocycles. The van der Waals surface area contributed by atoms with Crippen molar-refractivity contribution in [3.63, 3.8) is 0 Å². The molecule has 11 heteroatoms. The first-order chi connectivity index (χ1) is 18.5. The molecule has 2 aromatic heterocycles. The molecule has 2 aromatic rings. The Morgan fingerprint density at radius 3 is 2.67 bits per heavy atom. The Hall–Kier alpha value is -3.73. The number of piperidine rings is 1. The van der Waals surface area contributed by atoms with Crippen molar-refractivity contribution in [1.82, 2.24) is 30.7 Å². The predicted octanol–water partition coefficient (Wildman–Crippen LogP) is 5.00. The standard InChI is InChI=1S/C28H34F4N6O/c1-6-21-22(18(5)36-24-11-13-33-23(7-2)25(24)29)14-20(37-26(21)17(4)28(30,31)32)10-9-12-34-27(39)19-15-35-38(8-3)16-19/h6,9-10,14-16,23-25,33,36H,1,4-5,7-8,11-13H2,2-3H3,(H,34,39)/b10-9+/t23-,24?,25?/m0/s1. The van der Waals surface area contributed by atoms with E-state index in [0.29, 0.717) is 37.1 Å². The Labute approximate surface area is 225 Å². The second-order valence-electron chi connectivity index (χ2n) is 9.17. The number of carbonyl (C=O) groups excluding carboxylic acids is 1. The van der Waals surface area contributed by atoms with Gasteiger partial charge in [0.15, 0.2) is 0 Å². The van der Waals surface area contributed by atoms with Gasteiger partial charge in [-0.05, 0) is 38.5 Å². The number of alkyl halides is 4. The molecule has 1 aliphatic rings. The minimum Gasteiger partial charge on any atom is -0.379 e. The monoisotopic (exact) mass is 546 g/mol. The van der Waals surface area contributed by atoms with Crippen molar-refractivity contribution < 1.29 is 22.4 Å². The van der Waals surface area contributed by atoms with Crippen LogP contribution in [-0.2, 0) is 6.54 Å². The van der Waals surface area contributed by atoms with Crippen LogP contribution in [0.5, 0.6) is 0 Å². The number of pyridine rings is 1. The molecule has 0 aliphatic carbocycles. The van der Waals surface area contributed by atoms with E-state index in [9.17, 15) is 18.0 Å². The molecule has 0 radical (unpaired) electrons. The molecule has 0 aromatic carbocycles. The van der Waals surface area contributed by atoms with Crippen LogP contribution < -0.4 is 16.0 Å². The van der Waals surface area contributed by atoms with E-state index in [1.807, 2.05) is 13.8 Å². The molecule has 1 amide bonds. The zero-order chi connectivity index (χ0) is 28.7. The van der Waals surface area contributed by atoms with Crippen LogP contribution in [0.4, 0.5) is 17.6 Å². The molecule has 3 atom stereocenters. The van der Waals surface area contributed by atoms with E-state index in [0.717, 1.165) is 0 Å². The number of carbonyl (C=O) groups is 1. The van der Waals surface area contributed by atoms with Gasteiger partial charge in [0.1, 0.15) is 6.17 Å². The lowest BCUT2D eigenvalue weighted by Crippen LogP contribution is -2.54. The average Bonchev–Trinajstić information content (AvgIpc) is 3.40. The van der Waals surface area contributed by atoms with Gasteiger partial charge < -0.3 is 16.0 Å². The van der Waals surface area contributed by atoms with E-state index in [1.165, 1.54) is 18.3 Å². The molecule has 0 spiro atoms. The summed E-state index contributed by atoms with van der Waals surface area (Å²) in [7, 11) is 0. The normalized spacial score (nSPS) is 19.6. The highest BCUT2D eigenvalue weighted by Gasteiger charge is 2.36. The van der Waals surface area contributed by atoms with Crippen molar-refractivity contribution in [2.75, 3.05) is 13.1 Å². The van der Waals surface area contributed by atoms with E-state index in [-0.39, 0.29) is 35.4 Å². The van der Waals surface area contributed by atoms with Crippen LogP contribution in [0.1, 0.15) is 59.6 Å². The molecule has 3 N–H and O–H groups in total. The smallest absolute Gasteiger partial charge is 0.379 e. The van der Waals surface area contributed by atoms with Gasteiger partial charge in [-0.25, -0.2) is 9.37 Å². The van der Waals surface area contributed by atoms with Gasteiger partial charge in [-0.1, -0.05) is 38.8 Å². The second-order valence-corrected chi connectivity index (χ2v) is 9.17. The van der Waals surface area contributed by atoms with E-state index < -0.39 is 29.7 Å². The van der Waals surface area contributed by atoms with Crippen molar-refractivity contribution in [3.8, 4) is 0 Å². The highest BCUT2D eigenvalue weighted by atomic mass is 19.4. The van der Waals surface area contributed by atoms with E-state index in [4.69, 9.17) is 0 Å². The van der Waals surface area contributed by atoms with Gasteiger partial charge in [0, 0.05) is 42.2 Å². The fourth-order valence-electron chi connectivity index (χ4n) is 4.37. The van der Waals surface area contributed by atoms with Gasteiger partial charge in [0.05, 0.1) is 34.8 Å². The zero-order valence-corrected chi connectivity index (χ0v) is 22.1. The van der Waals surface area contributed by atoms with Crippen LogP contribution >= 0.6 is 0 Å². The summed E-state index contributed by atoms with van der Waals surface area (Å²) in [6, 6.07) is 0.662. The van der Waals surface area contributed by atoms with Crippen LogP contribution in [-0.4, -0.2) is 58.2 Å². The number of rotatable bonds is 11. The van der Waals surface area contributed by atoms with Crippen molar-refractivity contribution in [2.45, 2.75) is 57.7 Å². The third kappa shape index (κ3) is 7.23. The van der Waals surface area contributed by atoms with E-state index in [2.05, 4.69) is 45.8 Å². The fourth-order valence-corrected chi connectivity index (χ4v) is 4.37. The molecule has 3 rings (SSSR count). The summed E-state index contributed by atoms with van der Waals surface area (Å²) < 4.78 is 57.6. The third-order valence-corrected chi connectivity index (χ3v) is 6.55. The first-order valence-corrected chi connectivity index (χ1v) is 12.7. The van der Waals surface area contributed by atoms with Gasteiger partial charge in [-0.15, -0.1) is 0 Å². The lowest BCUT2D eigenvalue weighted by molar-refractivity contribution is -0.0689. The van der Waals surface area contributed by atoms with Gasteiger partial charge in [-0.3, -0.25) is 9.48 Å². The first kappa shape index (κ1) is 29.8. The number of hydrogen-bond donors (Lipinski definition) is 3. The average molecular weight is 547 g/mol. The molecular formula is C28H34F4N6O. The molecule has 39 heavy (non-hydrogen) atoms. The summed E-state index contributed by atoms with van der Waals surface area (Å²) in [6.07, 6.45) is 2.52. The topological polar surface area (TPSA) is 83.9 Å². The predicted molar refractivity (Wildman–Crippen MR) is 146 cm³/mol. The van der Waals surface area contributed by atoms with Gasteiger partial charge >= 0.3 is 6.18 Å². The Morgan fingerprint density at radius 1 is 1.31 bits per heavy atom. The SMILES string of the molecule is C=Cc1c(C(=C)NC2CCN[C@@H](CC)C2F)cc(/C=C/CNC(=O)c2cnn(CC)c2)nc1C(=C)C(F)(F)F. The minimum absolute atomic E-state index is 0.0876. The lowest BCUT2D eigenvalue weighted by atomic mass is 9.93. The molecule has 0 bridgehead atoms.